The number of rotatable bonds is 5. The van der Waals surface area contributed by atoms with Crippen molar-refractivity contribution in [1.29, 1.82) is 0 Å². The molecule has 27 heavy (non-hydrogen) atoms. The number of furan rings is 1. The zero-order valence-corrected chi connectivity index (χ0v) is 16.0. The van der Waals surface area contributed by atoms with E-state index < -0.39 is 11.9 Å². The Labute approximate surface area is 165 Å². The summed E-state index contributed by atoms with van der Waals surface area (Å²) < 4.78 is 10.2. The summed E-state index contributed by atoms with van der Waals surface area (Å²) in [5.74, 6) is -0.797. The van der Waals surface area contributed by atoms with E-state index in [0.717, 1.165) is 10.4 Å². The molecule has 1 amide bonds. The Morgan fingerprint density at radius 2 is 1.96 bits per heavy atom. The second kappa shape index (κ2) is 8.61. The predicted octanol–water partition coefficient (Wildman–Crippen LogP) is 4.31. The van der Waals surface area contributed by atoms with Gasteiger partial charge in [0.25, 0.3) is 5.91 Å². The molecule has 0 saturated carbocycles. The number of thiocarbonyl (C=S) groups is 1. The van der Waals surface area contributed by atoms with Crippen LogP contribution in [0.4, 0.5) is 5.00 Å². The Kier molecular flexibility index (Phi) is 6.00. The molecule has 0 fully saturated rings. The van der Waals surface area contributed by atoms with Gasteiger partial charge in [-0.15, -0.1) is 11.3 Å². The molecule has 0 radical (unpaired) electrons. The van der Waals surface area contributed by atoms with Gasteiger partial charge in [-0.05, 0) is 42.9 Å². The highest BCUT2D eigenvalue weighted by atomic mass is 32.1. The maximum atomic E-state index is 12.3. The molecule has 3 rings (SSSR count). The summed E-state index contributed by atoms with van der Waals surface area (Å²) in [5, 5.41) is 5.98. The summed E-state index contributed by atoms with van der Waals surface area (Å²) in [6.45, 7) is 2.00. The highest BCUT2D eigenvalue weighted by molar-refractivity contribution is 7.80. The van der Waals surface area contributed by atoms with Crippen molar-refractivity contribution in [2.45, 2.75) is 6.92 Å². The molecule has 2 N–H and O–H groups in total. The van der Waals surface area contributed by atoms with Crippen molar-refractivity contribution in [3.63, 3.8) is 0 Å². The minimum atomic E-state index is -0.477. The Morgan fingerprint density at radius 3 is 2.63 bits per heavy atom. The van der Waals surface area contributed by atoms with Gasteiger partial charge in [-0.3, -0.25) is 10.1 Å². The number of thiophene rings is 1. The smallest absolute Gasteiger partial charge is 0.341 e. The molecule has 6 nitrogen and oxygen atoms in total. The number of carbonyl (C=O) groups excluding carboxylic acids is 2. The molecule has 3 aromatic rings. The first kappa shape index (κ1) is 18.8. The predicted molar refractivity (Wildman–Crippen MR) is 108 cm³/mol. The summed E-state index contributed by atoms with van der Waals surface area (Å²) >= 11 is 6.54. The van der Waals surface area contributed by atoms with E-state index in [2.05, 4.69) is 10.6 Å². The minimum absolute atomic E-state index is 0.0587. The van der Waals surface area contributed by atoms with E-state index in [1.54, 1.807) is 19.1 Å². The van der Waals surface area contributed by atoms with E-state index >= 15 is 0 Å². The van der Waals surface area contributed by atoms with Crippen LogP contribution in [-0.4, -0.2) is 23.6 Å². The summed E-state index contributed by atoms with van der Waals surface area (Å²) in [4.78, 5) is 25.2. The van der Waals surface area contributed by atoms with Crippen LogP contribution in [0.15, 0.2) is 59.2 Å². The quantitative estimate of drug-likeness (QED) is 0.491. The van der Waals surface area contributed by atoms with Gasteiger partial charge >= 0.3 is 5.97 Å². The van der Waals surface area contributed by atoms with Crippen molar-refractivity contribution < 1.29 is 18.7 Å². The lowest BCUT2D eigenvalue weighted by atomic mass is 10.1. The highest BCUT2D eigenvalue weighted by Gasteiger charge is 2.20. The topological polar surface area (TPSA) is 80.6 Å². The molecule has 2 heterocycles. The van der Waals surface area contributed by atoms with Crippen LogP contribution in [0.5, 0.6) is 0 Å². The zero-order chi connectivity index (χ0) is 19.2. The van der Waals surface area contributed by atoms with Crippen molar-refractivity contribution in [3.8, 4) is 10.4 Å². The van der Waals surface area contributed by atoms with Gasteiger partial charge in [-0.1, -0.05) is 30.3 Å². The molecule has 2 aromatic heterocycles. The Bertz CT molecular complexity index is 950. The lowest BCUT2D eigenvalue weighted by molar-refractivity contribution is 0.0528. The van der Waals surface area contributed by atoms with Crippen LogP contribution in [0, 0.1) is 0 Å². The largest absolute Gasteiger partial charge is 0.462 e. The van der Waals surface area contributed by atoms with Gasteiger partial charge in [0.2, 0.25) is 0 Å². The third-order valence-corrected chi connectivity index (χ3v) is 4.79. The lowest BCUT2D eigenvalue weighted by Crippen LogP contribution is -2.34. The van der Waals surface area contributed by atoms with E-state index in [9.17, 15) is 9.59 Å². The fraction of sp³-hybridized carbons (Fsp3) is 0.105. The SMILES string of the molecule is CCOC(=O)c1cc(-c2ccccc2)sc1NC(=S)NC(=O)c1ccco1. The molecule has 0 aliphatic heterocycles. The number of esters is 1. The van der Waals surface area contributed by atoms with Crippen LogP contribution >= 0.6 is 23.6 Å². The Balaban J connectivity index is 1.82. The number of nitrogens with one attached hydrogen (secondary N) is 2. The lowest BCUT2D eigenvalue weighted by Gasteiger charge is -2.08. The normalized spacial score (nSPS) is 10.3. The molecule has 0 atom stereocenters. The van der Waals surface area contributed by atoms with Gasteiger partial charge in [0.1, 0.15) is 5.00 Å². The summed E-state index contributed by atoms with van der Waals surface area (Å²) in [6.07, 6.45) is 1.40. The van der Waals surface area contributed by atoms with Crippen molar-refractivity contribution in [2.75, 3.05) is 11.9 Å². The number of anilines is 1. The molecule has 1 aromatic carbocycles. The van der Waals surface area contributed by atoms with Gasteiger partial charge in [0, 0.05) is 4.88 Å². The molecule has 0 unspecified atom stereocenters. The average molecular weight is 400 g/mol. The minimum Gasteiger partial charge on any atom is -0.462 e. The highest BCUT2D eigenvalue weighted by Crippen LogP contribution is 2.35. The summed E-state index contributed by atoms with van der Waals surface area (Å²) in [6, 6.07) is 14.5. The molecule has 8 heteroatoms. The van der Waals surface area contributed by atoms with Gasteiger partial charge in [0.15, 0.2) is 10.9 Å². The third-order valence-electron chi connectivity index (χ3n) is 3.48. The van der Waals surface area contributed by atoms with Crippen LogP contribution in [-0.2, 0) is 4.74 Å². The van der Waals surface area contributed by atoms with Gasteiger partial charge < -0.3 is 14.5 Å². The Morgan fingerprint density at radius 1 is 1.19 bits per heavy atom. The number of amides is 1. The maximum Gasteiger partial charge on any atom is 0.341 e. The van der Waals surface area contributed by atoms with Crippen LogP contribution in [0.3, 0.4) is 0 Å². The van der Waals surface area contributed by atoms with Crippen molar-refractivity contribution in [2.24, 2.45) is 0 Å². The first-order chi connectivity index (χ1) is 13.1. The van der Waals surface area contributed by atoms with Crippen molar-refractivity contribution >= 4 is 45.5 Å². The second-order valence-corrected chi connectivity index (χ2v) is 6.79. The van der Waals surface area contributed by atoms with Gasteiger partial charge in [-0.2, -0.15) is 0 Å². The number of hydrogen-bond donors (Lipinski definition) is 2. The molecule has 0 spiro atoms. The number of hydrogen-bond acceptors (Lipinski definition) is 6. The molecule has 0 aliphatic rings. The first-order valence-electron chi connectivity index (χ1n) is 8.10. The average Bonchev–Trinajstić information content (AvgIpc) is 3.33. The third kappa shape index (κ3) is 4.60. The second-order valence-electron chi connectivity index (χ2n) is 5.33. The summed E-state index contributed by atoms with van der Waals surface area (Å²) in [7, 11) is 0. The molecular weight excluding hydrogens is 384 g/mol. The monoisotopic (exact) mass is 400 g/mol. The van der Waals surface area contributed by atoms with E-state index in [4.69, 9.17) is 21.4 Å². The van der Waals surface area contributed by atoms with Crippen LogP contribution in [0.1, 0.15) is 27.8 Å². The molecule has 138 valence electrons. The van der Waals surface area contributed by atoms with Crippen LogP contribution in [0.2, 0.25) is 0 Å². The van der Waals surface area contributed by atoms with E-state index in [0.29, 0.717) is 10.6 Å². The van der Waals surface area contributed by atoms with Gasteiger partial charge in [0.05, 0.1) is 18.4 Å². The molecule has 0 saturated heterocycles. The maximum absolute atomic E-state index is 12.3. The van der Waals surface area contributed by atoms with Crippen molar-refractivity contribution in [3.05, 3.63) is 66.1 Å². The van der Waals surface area contributed by atoms with E-state index in [1.165, 1.54) is 23.7 Å². The molecular formula is C19H16N2O4S2. The zero-order valence-electron chi connectivity index (χ0n) is 14.4. The fourth-order valence-electron chi connectivity index (χ4n) is 2.30. The van der Waals surface area contributed by atoms with E-state index in [-0.39, 0.29) is 17.5 Å². The Hall–Kier alpha value is -2.97. The molecule has 0 bridgehead atoms. The van der Waals surface area contributed by atoms with E-state index in [1.807, 2.05) is 30.3 Å². The number of carbonyl (C=O) groups is 2. The summed E-state index contributed by atoms with van der Waals surface area (Å²) in [5.41, 5.74) is 1.32. The first-order valence-corrected chi connectivity index (χ1v) is 9.33. The fourth-order valence-corrected chi connectivity index (χ4v) is 3.61. The van der Waals surface area contributed by atoms with Crippen LogP contribution in [0.25, 0.3) is 10.4 Å². The number of ether oxygens (including phenoxy) is 1. The van der Waals surface area contributed by atoms with Gasteiger partial charge in [-0.25, -0.2) is 4.79 Å². The standard InChI is InChI=1S/C19H16N2O4S2/c1-2-24-18(23)13-11-15(12-7-4-3-5-8-12)27-17(13)21-19(26)20-16(22)14-9-6-10-25-14/h3-11H,2H2,1H3,(H2,20,21,22,26). The van der Waals surface area contributed by atoms with Crippen molar-refractivity contribution in [1.82, 2.24) is 5.32 Å². The van der Waals surface area contributed by atoms with Crippen LogP contribution < -0.4 is 10.6 Å². The number of benzene rings is 1. The molecule has 0 aliphatic carbocycles.